The van der Waals surface area contributed by atoms with Gasteiger partial charge in [-0.1, -0.05) is 31.4 Å². The standard InChI is InChI=1S/C19H25NO2/c1-3-4-5-8-14-11-17(21)18(19(22)16(14)12-20)15-9-6-7-13(2)10-15/h10-11,15,21-22H,3-9H2,1-2H3. The van der Waals surface area contributed by atoms with Gasteiger partial charge in [0.2, 0.25) is 0 Å². The second-order valence-corrected chi connectivity index (χ2v) is 6.27. The zero-order valence-electron chi connectivity index (χ0n) is 13.5. The van der Waals surface area contributed by atoms with Crippen molar-refractivity contribution in [3.63, 3.8) is 0 Å². The van der Waals surface area contributed by atoms with E-state index in [9.17, 15) is 15.5 Å². The van der Waals surface area contributed by atoms with Crippen LogP contribution in [0.1, 0.15) is 75.0 Å². The number of rotatable bonds is 5. The summed E-state index contributed by atoms with van der Waals surface area (Å²) in [5, 5.41) is 30.3. The Hall–Kier alpha value is -1.95. The van der Waals surface area contributed by atoms with Crippen molar-refractivity contribution in [2.24, 2.45) is 0 Å². The van der Waals surface area contributed by atoms with Crippen LogP contribution >= 0.6 is 0 Å². The fraction of sp³-hybridized carbons (Fsp3) is 0.526. The first-order valence-electron chi connectivity index (χ1n) is 8.23. The topological polar surface area (TPSA) is 64.2 Å². The molecule has 2 rings (SSSR count). The molecule has 1 atom stereocenters. The molecule has 3 heteroatoms. The van der Waals surface area contributed by atoms with Crippen LogP contribution in [0.3, 0.4) is 0 Å². The minimum absolute atomic E-state index is 0.00513. The molecule has 0 fully saturated rings. The van der Waals surface area contributed by atoms with Crippen molar-refractivity contribution in [1.82, 2.24) is 0 Å². The number of benzene rings is 1. The van der Waals surface area contributed by atoms with Crippen molar-refractivity contribution in [3.8, 4) is 17.6 Å². The first kappa shape index (κ1) is 16.4. The van der Waals surface area contributed by atoms with Crippen molar-refractivity contribution in [2.45, 2.75) is 64.7 Å². The lowest BCUT2D eigenvalue weighted by molar-refractivity contribution is 0.426. The molecular weight excluding hydrogens is 274 g/mol. The number of hydrogen-bond donors (Lipinski definition) is 2. The third-order valence-electron chi connectivity index (χ3n) is 4.50. The van der Waals surface area contributed by atoms with Crippen molar-refractivity contribution >= 4 is 0 Å². The highest BCUT2D eigenvalue weighted by atomic mass is 16.3. The van der Waals surface area contributed by atoms with Crippen molar-refractivity contribution in [3.05, 3.63) is 34.4 Å². The van der Waals surface area contributed by atoms with E-state index in [1.54, 1.807) is 6.07 Å². The Bertz CT molecular complexity index is 611. The summed E-state index contributed by atoms with van der Waals surface area (Å²) in [6.07, 6.45) is 8.99. The average molecular weight is 299 g/mol. The maximum absolute atomic E-state index is 10.5. The molecule has 22 heavy (non-hydrogen) atoms. The summed E-state index contributed by atoms with van der Waals surface area (Å²) < 4.78 is 0. The predicted octanol–water partition coefficient (Wildman–Crippen LogP) is 4.92. The third-order valence-corrected chi connectivity index (χ3v) is 4.50. The van der Waals surface area contributed by atoms with Gasteiger partial charge in [0.05, 0.1) is 5.56 Å². The number of allylic oxidation sites excluding steroid dienone is 2. The zero-order chi connectivity index (χ0) is 16.1. The lowest BCUT2D eigenvalue weighted by atomic mass is 9.83. The van der Waals surface area contributed by atoms with E-state index in [0.29, 0.717) is 11.1 Å². The molecule has 0 aliphatic heterocycles. The van der Waals surface area contributed by atoms with Crippen LogP contribution in [0.4, 0.5) is 0 Å². The highest BCUT2D eigenvalue weighted by Gasteiger charge is 2.24. The van der Waals surface area contributed by atoms with Crippen LogP contribution in [-0.4, -0.2) is 10.2 Å². The number of nitriles is 1. The summed E-state index contributed by atoms with van der Waals surface area (Å²) in [5.41, 5.74) is 2.89. The summed E-state index contributed by atoms with van der Waals surface area (Å²) in [6.45, 7) is 4.20. The summed E-state index contributed by atoms with van der Waals surface area (Å²) in [5.74, 6) is 0.106. The quantitative estimate of drug-likeness (QED) is 0.599. The van der Waals surface area contributed by atoms with Gasteiger partial charge in [-0.15, -0.1) is 0 Å². The summed E-state index contributed by atoms with van der Waals surface area (Å²) >= 11 is 0. The molecule has 2 N–H and O–H groups in total. The molecule has 1 unspecified atom stereocenters. The zero-order valence-corrected chi connectivity index (χ0v) is 13.5. The maximum Gasteiger partial charge on any atom is 0.141 e. The van der Waals surface area contributed by atoms with Crippen LogP contribution in [0.15, 0.2) is 17.7 Å². The van der Waals surface area contributed by atoms with Gasteiger partial charge < -0.3 is 10.2 Å². The molecule has 0 saturated carbocycles. The molecule has 3 nitrogen and oxygen atoms in total. The fourth-order valence-electron chi connectivity index (χ4n) is 3.31. The molecule has 1 aliphatic carbocycles. The number of aryl methyl sites for hydroxylation is 1. The number of nitrogens with zero attached hydrogens (tertiary/aromatic N) is 1. The van der Waals surface area contributed by atoms with Gasteiger partial charge in [-0.25, -0.2) is 0 Å². The molecule has 1 aromatic carbocycles. The van der Waals surface area contributed by atoms with Crippen LogP contribution in [-0.2, 0) is 6.42 Å². The van der Waals surface area contributed by atoms with E-state index in [2.05, 4.69) is 26.0 Å². The molecular formula is C19H25NO2. The van der Waals surface area contributed by atoms with E-state index >= 15 is 0 Å². The Morgan fingerprint density at radius 3 is 2.73 bits per heavy atom. The lowest BCUT2D eigenvalue weighted by Gasteiger charge is -2.23. The Kier molecular flexibility index (Phi) is 5.49. The second kappa shape index (κ2) is 7.35. The van der Waals surface area contributed by atoms with Gasteiger partial charge >= 0.3 is 0 Å². The third kappa shape index (κ3) is 3.44. The highest BCUT2D eigenvalue weighted by Crippen LogP contribution is 2.43. The van der Waals surface area contributed by atoms with Gasteiger partial charge in [-0.05, 0) is 50.7 Å². The normalized spacial score (nSPS) is 17.9. The van der Waals surface area contributed by atoms with Gasteiger partial charge in [0.25, 0.3) is 0 Å². The number of aromatic hydroxyl groups is 2. The van der Waals surface area contributed by atoms with Crippen molar-refractivity contribution in [2.75, 3.05) is 0 Å². The first-order chi connectivity index (χ1) is 10.6. The Morgan fingerprint density at radius 1 is 1.32 bits per heavy atom. The van der Waals surface area contributed by atoms with E-state index in [0.717, 1.165) is 50.5 Å². The van der Waals surface area contributed by atoms with E-state index in [1.165, 1.54) is 5.57 Å². The molecule has 0 amide bonds. The van der Waals surface area contributed by atoms with E-state index in [4.69, 9.17) is 0 Å². The van der Waals surface area contributed by atoms with Crippen molar-refractivity contribution < 1.29 is 10.2 Å². The Labute approximate surface area is 132 Å². The summed E-state index contributed by atoms with van der Waals surface area (Å²) in [6, 6.07) is 3.81. The molecule has 0 radical (unpaired) electrons. The van der Waals surface area contributed by atoms with Crippen LogP contribution < -0.4 is 0 Å². The number of unbranched alkanes of at least 4 members (excludes halogenated alkanes) is 2. The molecule has 1 aliphatic rings. The minimum atomic E-state index is -0.0232. The molecule has 0 spiro atoms. The number of hydrogen-bond acceptors (Lipinski definition) is 3. The fourth-order valence-corrected chi connectivity index (χ4v) is 3.31. The van der Waals surface area contributed by atoms with E-state index < -0.39 is 0 Å². The van der Waals surface area contributed by atoms with Crippen molar-refractivity contribution in [1.29, 1.82) is 5.26 Å². The maximum atomic E-state index is 10.5. The molecule has 1 aromatic rings. The largest absolute Gasteiger partial charge is 0.507 e. The number of phenols is 2. The van der Waals surface area contributed by atoms with E-state index in [1.807, 2.05) is 0 Å². The van der Waals surface area contributed by atoms with Crippen LogP contribution in [0.5, 0.6) is 11.5 Å². The smallest absolute Gasteiger partial charge is 0.141 e. The second-order valence-electron chi connectivity index (χ2n) is 6.27. The predicted molar refractivity (Wildman–Crippen MR) is 88.1 cm³/mol. The van der Waals surface area contributed by atoms with Gasteiger partial charge in [-0.2, -0.15) is 5.26 Å². The SMILES string of the molecule is CCCCCc1cc(O)c(C2C=C(C)CCC2)c(O)c1C#N. The Morgan fingerprint density at radius 2 is 2.09 bits per heavy atom. The van der Waals surface area contributed by atoms with Crippen LogP contribution in [0, 0.1) is 11.3 Å². The first-order valence-corrected chi connectivity index (χ1v) is 8.23. The lowest BCUT2D eigenvalue weighted by Crippen LogP contribution is -2.05. The average Bonchev–Trinajstić information content (AvgIpc) is 2.47. The molecule has 0 heterocycles. The minimum Gasteiger partial charge on any atom is -0.507 e. The highest BCUT2D eigenvalue weighted by molar-refractivity contribution is 5.60. The summed E-state index contributed by atoms with van der Waals surface area (Å²) in [7, 11) is 0. The van der Waals surface area contributed by atoms with E-state index in [-0.39, 0.29) is 17.4 Å². The van der Waals surface area contributed by atoms with Gasteiger partial charge in [0, 0.05) is 11.5 Å². The monoisotopic (exact) mass is 299 g/mol. The van der Waals surface area contributed by atoms with Gasteiger partial charge in [0.1, 0.15) is 17.6 Å². The van der Waals surface area contributed by atoms with Gasteiger partial charge in [0.15, 0.2) is 0 Å². The molecule has 118 valence electrons. The number of phenolic OH excluding ortho intramolecular Hbond substituents is 2. The molecule has 0 saturated heterocycles. The Balaban J connectivity index is 2.40. The molecule has 0 bridgehead atoms. The molecule has 0 aromatic heterocycles. The van der Waals surface area contributed by atoms with Crippen LogP contribution in [0.25, 0.3) is 0 Å². The van der Waals surface area contributed by atoms with Crippen LogP contribution in [0.2, 0.25) is 0 Å². The summed E-state index contributed by atoms with van der Waals surface area (Å²) in [4.78, 5) is 0. The van der Waals surface area contributed by atoms with Gasteiger partial charge in [-0.3, -0.25) is 0 Å².